The van der Waals surface area contributed by atoms with E-state index in [9.17, 15) is 0 Å². The molecule has 0 saturated carbocycles. The minimum atomic E-state index is 0.0462. The smallest absolute Gasteiger partial charge is 0.148 e. The monoisotopic (exact) mass is 245 g/mol. The van der Waals surface area contributed by atoms with Gasteiger partial charge in [-0.2, -0.15) is 5.10 Å². The number of hydrogen-bond acceptors (Lipinski definition) is 4. The highest BCUT2D eigenvalue weighted by atomic mass is 15.3. The van der Waals surface area contributed by atoms with Crippen molar-refractivity contribution in [2.75, 3.05) is 6.54 Å². The van der Waals surface area contributed by atoms with Gasteiger partial charge < -0.3 is 5.32 Å². The second-order valence-electron chi connectivity index (χ2n) is 4.22. The average molecular weight is 245 g/mol. The van der Waals surface area contributed by atoms with Crippen LogP contribution in [-0.2, 0) is 6.54 Å². The summed E-state index contributed by atoms with van der Waals surface area (Å²) in [6.45, 7) is 7.88. The standard InChI is InChI=1S/C13H19N5/c1-4-15-12(11-6-10(3)7-14-8-11)13-16-9-17-18(13)5-2/h6-9,12,15H,4-5H2,1-3H3. The van der Waals surface area contributed by atoms with Gasteiger partial charge in [0.15, 0.2) is 0 Å². The first kappa shape index (κ1) is 12.7. The molecule has 0 aliphatic heterocycles. The fourth-order valence-corrected chi connectivity index (χ4v) is 2.04. The third-order valence-corrected chi connectivity index (χ3v) is 2.84. The van der Waals surface area contributed by atoms with Gasteiger partial charge in [0, 0.05) is 18.9 Å². The third-order valence-electron chi connectivity index (χ3n) is 2.84. The summed E-state index contributed by atoms with van der Waals surface area (Å²) in [7, 11) is 0. The first-order chi connectivity index (χ1) is 8.76. The summed E-state index contributed by atoms with van der Waals surface area (Å²) in [6, 6.07) is 2.18. The van der Waals surface area contributed by atoms with E-state index < -0.39 is 0 Å². The highest BCUT2D eigenvalue weighted by Gasteiger charge is 2.18. The van der Waals surface area contributed by atoms with Gasteiger partial charge in [0.2, 0.25) is 0 Å². The van der Waals surface area contributed by atoms with Crippen LogP contribution in [0.2, 0.25) is 0 Å². The lowest BCUT2D eigenvalue weighted by Gasteiger charge is -2.18. The number of rotatable bonds is 5. The van der Waals surface area contributed by atoms with Gasteiger partial charge in [-0.3, -0.25) is 4.98 Å². The van der Waals surface area contributed by atoms with Gasteiger partial charge in [-0.1, -0.05) is 13.0 Å². The van der Waals surface area contributed by atoms with Gasteiger partial charge in [0.05, 0.1) is 6.04 Å². The Bertz CT molecular complexity index is 506. The van der Waals surface area contributed by atoms with E-state index >= 15 is 0 Å². The molecule has 1 atom stereocenters. The molecule has 5 heteroatoms. The van der Waals surface area contributed by atoms with Gasteiger partial charge in [-0.15, -0.1) is 0 Å². The van der Waals surface area contributed by atoms with Crippen LogP contribution < -0.4 is 5.32 Å². The summed E-state index contributed by atoms with van der Waals surface area (Å²) >= 11 is 0. The van der Waals surface area contributed by atoms with E-state index in [4.69, 9.17) is 0 Å². The molecule has 0 aliphatic carbocycles. The molecular formula is C13H19N5. The molecule has 96 valence electrons. The second kappa shape index (κ2) is 5.73. The fraction of sp³-hybridized carbons (Fsp3) is 0.462. The first-order valence-corrected chi connectivity index (χ1v) is 6.28. The average Bonchev–Trinajstić information content (AvgIpc) is 2.84. The number of hydrogen-bond donors (Lipinski definition) is 1. The molecular weight excluding hydrogens is 226 g/mol. The van der Waals surface area contributed by atoms with Crippen LogP contribution in [0.1, 0.15) is 36.8 Å². The Kier molecular flexibility index (Phi) is 4.04. The molecule has 0 amide bonds. The molecule has 0 aromatic carbocycles. The van der Waals surface area contributed by atoms with Crippen LogP contribution >= 0.6 is 0 Å². The van der Waals surface area contributed by atoms with E-state index in [0.717, 1.165) is 30.0 Å². The van der Waals surface area contributed by atoms with Crippen LogP contribution in [0.15, 0.2) is 24.8 Å². The largest absolute Gasteiger partial charge is 0.304 e. The number of pyridine rings is 1. The van der Waals surface area contributed by atoms with Gasteiger partial charge in [0.25, 0.3) is 0 Å². The molecule has 2 aromatic heterocycles. The van der Waals surface area contributed by atoms with Gasteiger partial charge in [0.1, 0.15) is 12.2 Å². The SMILES string of the molecule is CCNC(c1cncc(C)c1)c1ncnn1CC. The highest BCUT2D eigenvalue weighted by molar-refractivity contribution is 5.25. The lowest BCUT2D eigenvalue weighted by Crippen LogP contribution is -2.25. The van der Waals surface area contributed by atoms with E-state index in [0.29, 0.717) is 0 Å². The van der Waals surface area contributed by atoms with E-state index in [-0.39, 0.29) is 6.04 Å². The molecule has 0 radical (unpaired) electrons. The minimum absolute atomic E-state index is 0.0462. The predicted octanol–water partition coefficient (Wildman–Crippen LogP) is 1.70. The second-order valence-corrected chi connectivity index (χ2v) is 4.22. The number of aryl methyl sites for hydroxylation is 2. The highest BCUT2D eigenvalue weighted by Crippen LogP contribution is 2.20. The maximum Gasteiger partial charge on any atom is 0.148 e. The van der Waals surface area contributed by atoms with Crippen molar-refractivity contribution in [3.05, 3.63) is 41.7 Å². The molecule has 0 bridgehead atoms. The Morgan fingerprint density at radius 3 is 2.83 bits per heavy atom. The Labute approximate surface area is 107 Å². The summed E-state index contributed by atoms with van der Waals surface area (Å²) in [5.74, 6) is 0.937. The molecule has 18 heavy (non-hydrogen) atoms. The molecule has 2 rings (SSSR count). The summed E-state index contributed by atoms with van der Waals surface area (Å²) in [6.07, 6.45) is 5.35. The summed E-state index contributed by atoms with van der Waals surface area (Å²) < 4.78 is 1.91. The molecule has 0 spiro atoms. The van der Waals surface area contributed by atoms with Crippen molar-refractivity contribution >= 4 is 0 Å². The minimum Gasteiger partial charge on any atom is -0.304 e. The summed E-state index contributed by atoms with van der Waals surface area (Å²) in [5, 5.41) is 7.67. The Balaban J connectivity index is 2.39. The number of nitrogens with one attached hydrogen (secondary N) is 1. The first-order valence-electron chi connectivity index (χ1n) is 6.28. The molecule has 0 aliphatic rings. The molecule has 1 N–H and O–H groups in total. The Hall–Kier alpha value is -1.75. The zero-order valence-corrected chi connectivity index (χ0v) is 11.1. The van der Waals surface area contributed by atoms with Crippen molar-refractivity contribution in [1.82, 2.24) is 25.1 Å². The van der Waals surface area contributed by atoms with E-state index in [1.165, 1.54) is 0 Å². The van der Waals surface area contributed by atoms with Crippen LogP contribution in [0, 0.1) is 6.92 Å². The topological polar surface area (TPSA) is 55.6 Å². The molecule has 2 heterocycles. The van der Waals surface area contributed by atoms with Crippen LogP contribution in [0.25, 0.3) is 0 Å². The molecule has 1 unspecified atom stereocenters. The van der Waals surface area contributed by atoms with Crippen molar-refractivity contribution in [3.63, 3.8) is 0 Å². The van der Waals surface area contributed by atoms with E-state index in [1.54, 1.807) is 6.33 Å². The molecule has 5 nitrogen and oxygen atoms in total. The van der Waals surface area contributed by atoms with E-state index in [1.807, 2.05) is 24.0 Å². The van der Waals surface area contributed by atoms with Crippen molar-refractivity contribution in [2.45, 2.75) is 33.4 Å². The zero-order valence-electron chi connectivity index (χ0n) is 11.1. The van der Waals surface area contributed by atoms with Crippen LogP contribution in [0.4, 0.5) is 0 Å². The lowest BCUT2D eigenvalue weighted by atomic mass is 10.1. The number of aromatic nitrogens is 4. The van der Waals surface area contributed by atoms with E-state index in [2.05, 4.69) is 40.3 Å². The summed E-state index contributed by atoms with van der Waals surface area (Å²) in [4.78, 5) is 8.63. The molecule has 2 aromatic rings. The van der Waals surface area contributed by atoms with Crippen molar-refractivity contribution in [1.29, 1.82) is 0 Å². The lowest BCUT2D eigenvalue weighted by molar-refractivity contribution is 0.530. The summed E-state index contributed by atoms with van der Waals surface area (Å²) in [5.41, 5.74) is 2.28. The van der Waals surface area contributed by atoms with Crippen molar-refractivity contribution < 1.29 is 0 Å². The Morgan fingerprint density at radius 1 is 1.33 bits per heavy atom. The van der Waals surface area contributed by atoms with Crippen LogP contribution in [-0.4, -0.2) is 26.3 Å². The third kappa shape index (κ3) is 2.56. The van der Waals surface area contributed by atoms with Gasteiger partial charge in [-0.05, 0) is 31.5 Å². The van der Waals surface area contributed by atoms with Gasteiger partial charge >= 0.3 is 0 Å². The van der Waals surface area contributed by atoms with Crippen LogP contribution in [0.5, 0.6) is 0 Å². The molecule has 0 fully saturated rings. The molecule has 0 saturated heterocycles. The van der Waals surface area contributed by atoms with Crippen LogP contribution in [0.3, 0.4) is 0 Å². The zero-order chi connectivity index (χ0) is 13.0. The fourth-order valence-electron chi connectivity index (χ4n) is 2.04. The van der Waals surface area contributed by atoms with Crippen molar-refractivity contribution in [2.24, 2.45) is 0 Å². The quantitative estimate of drug-likeness (QED) is 0.871. The normalized spacial score (nSPS) is 12.6. The number of nitrogens with zero attached hydrogens (tertiary/aromatic N) is 4. The maximum atomic E-state index is 4.37. The predicted molar refractivity (Wildman–Crippen MR) is 70.2 cm³/mol. The van der Waals surface area contributed by atoms with Gasteiger partial charge in [-0.25, -0.2) is 9.67 Å². The van der Waals surface area contributed by atoms with Crippen molar-refractivity contribution in [3.8, 4) is 0 Å². The maximum absolute atomic E-state index is 4.37. The Morgan fingerprint density at radius 2 is 2.17 bits per heavy atom.